The van der Waals surface area contributed by atoms with E-state index in [1.165, 1.54) is 21.9 Å². The van der Waals surface area contributed by atoms with Crippen molar-refractivity contribution in [1.82, 2.24) is 9.97 Å². The number of fused-ring (bicyclic) bond motifs is 2. The minimum absolute atomic E-state index is 0.744. The van der Waals surface area contributed by atoms with E-state index in [9.17, 15) is 0 Å². The zero-order valence-corrected chi connectivity index (χ0v) is 16.0. The molecule has 0 bridgehead atoms. The highest BCUT2D eigenvalue weighted by molar-refractivity contribution is 5.88. The van der Waals surface area contributed by atoms with Gasteiger partial charge in [0, 0.05) is 40.6 Å². The second-order valence-corrected chi connectivity index (χ2v) is 6.92. The third-order valence-corrected chi connectivity index (χ3v) is 4.80. The van der Waals surface area contributed by atoms with Gasteiger partial charge in [0.05, 0.1) is 13.2 Å². The Hall–Kier alpha value is -2.88. The second-order valence-electron chi connectivity index (χ2n) is 6.92. The topological polar surface area (TPSA) is 50.0 Å². The molecule has 0 atom stereocenters. The fraction of sp³-hybridized carbons (Fsp3) is 0.304. The van der Waals surface area contributed by atoms with Crippen LogP contribution < -0.4 is 9.47 Å². The molecule has 0 fully saturated rings. The standard InChI is InChI=1S/C23H26N2O2/c1-3-9-26-18-5-7-22-20(12-18)16(14-24-22)11-17-15-25-23-8-6-19(13-21(17)23)27-10-4-2/h5-8,12-15,24-25H,3-4,9-11H2,1-2H3. The molecule has 2 N–H and O–H groups in total. The van der Waals surface area contributed by atoms with Gasteiger partial charge in [0.1, 0.15) is 11.5 Å². The van der Waals surface area contributed by atoms with E-state index in [0.717, 1.165) is 55.0 Å². The number of H-pyrrole nitrogens is 2. The summed E-state index contributed by atoms with van der Waals surface area (Å²) in [6.07, 6.45) is 7.08. The lowest BCUT2D eigenvalue weighted by Crippen LogP contribution is -1.95. The minimum atomic E-state index is 0.744. The van der Waals surface area contributed by atoms with Crippen molar-refractivity contribution in [2.45, 2.75) is 33.1 Å². The lowest BCUT2D eigenvalue weighted by Gasteiger charge is -2.06. The number of hydrogen-bond acceptors (Lipinski definition) is 2. The van der Waals surface area contributed by atoms with Gasteiger partial charge < -0.3 is 19.4 Å². The van der Waals surface area contributed by atoms with Crippen LogP contribution in [0.2, 0.25) is 0 Å². The van der Waals surface area contributed by atoms with Gasteiger partial charge in [-0.15, -0.1) is 0 Å². The van der Waals surface area contributed by atoms with Crippen molar-refractivity contribution in [3.8, 4) is 11.5 Å². The summed E-state index contributed by atoms with van der Waals surface area (Å²) in [5.74, 6) is 1.86. The summed E-state index contributed by atoms with van der Waals surface area (Å²) >= 11 is 0. The molecule has 4 aromatic rings. The minimum Gasteiger partial charge on any atom is -0.494 e. The fourth-order valence-electron chi connectivity index (χ4n) is 3.43. The average Bonchev–Trinajstić information content (AvgIpc) is 3.29. The van der Waals surface area contributed by atoms with E-state index in [1.54, 1.807) is 0 Å². The van der Waals surface area contributed by atoms with E-state index in [0.29, 0.717) is 0 Å². The zero-order chi connectivity index (χ0) is 18.6. The fourth-order valence-corrected chi connectivity index (χ4v) is 3.43. The molecule has 4 rings (SSSR count). The van der Waals surface area contributed by atoms with Crippen LogP contribution >= 0.6 is 0 Å². The number of benzene rings is 2. The molecule has 4 nitrogen and oxygen atoms in total. The molecule has 4 heteroatoms. The number of nitrogens with one attached hydrogen (secondary N) is 2. The lowest BCUT2D eigenvalue weighted by molar-refractivity contribution is 0.318. The molecule has 0 aliphatic rings. The van der Waals surface area contributed by atoms with Gasteiger partial charge in [-0.05, 0) is 60.4 Å². The molecule has 0 aliphatic heterocycles. The molecule has 0 radical (unpaired) electrons. The highest BCUT2D eigenvalue weighted by atomic mass is 16.5. The van der Waals surface area contributed by atoms with Crippen LogP contribution in [0.3, 0.4) is 0 Å². The third-order valence-electron chi connectivity index (χ3n) is 4.80. The van der Waals surface area contributed by atoms with Crippen molar-refractivity contribution >= 4 is 21.8 Å². The average molecular weight is 362 g/mol. The Morgan fingerprint density at radius 2 is 1.19 bits per heavy atom. The first-order valence-corrected chi connectivity index (χ1v) is 9.74. The SMILES string of the molecule is CCCOc1ccc2[nH]cc(Cc3c[nH]c4ccc(OCCC)cc34)c2c1. The normalized spacial score (nSPS) is 11.3. The van der Waals surface area contributed by atoms with Crippen LogP contribution in [0, 0.1) is 0 Å². The first kappa shape index (κ1) is 17.5. The van der Waals surface area contributed by atoms with E-state index in [4.69, 9.17) is 9.47 Å². The number of rotatable bonds is 8. The van der Waals surface area contributed by atoms with Gasteiger partial charge in [0.15, 0.2) is 0 Å². The Bertz CT molecular complexity index is 961. The van der Waals surface area contributed by atoms with E-state index >= 15 is 0 Å². The van der Waals surface area contributed by atoms with Crippen LogP contribution in [0.25, 0.3) is 21.8 Å². The van der Waals surface area contributed by atoms with Crippen LogP contribution in [0.5, 0.6) is 11.5 Å². The third kappa shape index (κ3) is 3.65. The van der Waals surface area contributed by atoms with Gasteiger partial charge in [0.2, 0.25) is 0 Å². The number of aromatic nitrogens is 2. The Morgan fingerprint density at radius 1 is 0.704 bits per heavy atom. The van der Waals surface area contributed by atoms with Crippen molar-refractivity contribution in [2.24, 2.45) is 0 Å². The first-order chi connectivity index (χ1) is 13.3. The molecule has 0 unspecified atom stereocenters. The van der Waals surface area contributed by atoms with Gasteiger partial charge in [-0.1, -0.05) is 13.8 Å². The summed E-state index contributed by atoms with van der Waals surface area (Å²) in [5.41, 5.74) is 4.82. The summed E-state index contributed by atoms with van der Waals surface area (Å²) in [4.78, 5) is 6.76. The summed E-state index contributed by atoms with van der Waals surface area (Å²) < 4.78 is 11.6. The Morgan fingerprint density at radius 3 is 1.63 bits per heavy atom. The number of hydrogen-bond donors (Lipinski definition) is 2. The summed E-state index contributed by atoms with van der Waals surface area (Å²) in [7, 11) is 0. The van der Waals surface area contributed by atoms with Crippen molar-refractivity contribution < 1.29 is 9.47 Å². The predicted molar refractivity (Wildman–Crippen MR) is 111 cm³/mol. The summed E-state index contributed by atoms with van der Waals surface area (Å²) in [6, 6.07) is 12.5. The highest BCUT2D eigenvalue weighted by Gasteiger charge is 2.10. The molecule has 0 amide bonds. The second kappa shape index (κ2) is 7.78. The Labute approximate surface area is 159 Å². The van der Waals surface area contributed by atoms with Crippen molar-refractivity contribution in [3.63, 3.8) is 0 Å². The van der Waals surface area contributed by atoms with Crippen LogP contribution in [0.4, 0.5) is 0 Å². The zero-order valence-electron chi connectivity index (χ0n) is 16.0. The molecule has 0 spiro atoms. The maximum Gasteiger partial charge on any atom is 0.120 e. The molecule has 0 aliphatic carbocycles. The number of ether oxygens (including phenoxy) is 2. The molecule has 27 heavy (non-hydrogen) atoms. The molecule has 2 heterocycles. The molecule has 0 saturated carbocycles. The van der Waals surface area contributed by atoms with Crippen molar-refractivity contribution in [2.75, 3.05) is 13.2 Å². The van der Waals surface area contributed by atoms with Gasteiger partial charge >= 0.3 is 0 Å². The molecule has 2 aromatic heterocycles. The molecule has 140 valence electrons. The van der Waals surface area contributed by atoms with Gasteiger partial charge in [-0.3, -0.25) is 0 Å². The molecule has 0 saturated heterocycles. The Balaban J connectivity index is 1.65. The van der Waals surface area contributed by atoms with Gasteiger partial charge in [-0.25, -0.2) is 0 Å². The predicted octanol–water partition coefficient (Wildman–Crippen LogP) is 5.82. The van der Waals surface area contributed by atoms with Crippen LogP contribution in [0.1, 0.15) is 37.8 Å². The van der Waals surface area contributed by atoms with E-state index in [1.807, 2.05) is 12.1 Å². The van der Waals surface area contributed by atoms with Crippen LogP contribution in [-0.4, -0.2) is 23.2 Å². The van der Waals surface area contributed by atoms with Gasteiger partial charge in [-0.2, -0.15) is 0 Å². The van der Waals surface area contributed by atoms with E-state index in [2.05, 4.69) is 60.5 Å². The lowest BCUT2D eigenvalue weighted by atomic mass is 10.0. The largest absolute Gasteiger partial charge is 0.494 e. The first-order valence-electron chi connectivity index (χ1n) is 9.74. The maximum atomic E-state index is 5.81. The molecular formula is C23H26N2O2. The van der Waals surface area contributed by atoms with Gasteiger partial charge in [0.25, 0.3) is 0 Å². The van der Waals surface area contributed by atoms with E-state index < -0.39 is 0 Å². The summed E-state index contributed by atoms with van der Waals surface area (Å²) in [6.45, 7) is 5.73. The van der Waals surface area contributed by atoms with Crippen molar-refractivity contribution in [3.05, 3.63) is 59.9 Å². The highest BCUT2D eigenvalue weighted by Crippen LogP contribution is 2.29. The van der Waals surface area contributed by atoms with Crippen molar-refractivity contribution in [1.29, 1.82) is 0 Å². The maximum absolute atomic E-state index is 5.81. The van der Waals surface area contributed by atoms with E-state index in [-0.39, 0.29) is 0 Å². The van der Waals surface area contributed by atoms with Crippen LogP contribution in [0.15, 0.2) is 48.8 Å². The summed E-state index contributed by atoms with van der Waals surface area (Å²) in [5, 5.41) is 2.44. The quantitative estimate of drug-likeness (QED) is 0.415. The monoisotopic (exact) mass is 362 g/mol. The smallest absolute Gasteiger partial charge is 0.120 e. The Kier molecular flexibility index (Phi) is 5.05. The van der Waals surface area contributed by atoms with Crippen LogP contribution in [-0.2, 0) is 6.42 Å². The molecule has 2 aromatic carbocycles. The molecular weight excluding hydrogens is 336 g/mol. The number of aromatic amines is 2.